The smallest absolute Gasteiger partial charge is 0.156 e. The molecule has 3 aromatic carbocycles. The molecule has 13 rings (SSSR count). The molecular formula is C99H155BrN22. The first-order chi connectivity index (χ1) is 56.3. The van der Waals surface area contributed by atoms with Crippen LogP contribution in [0.2, 0.25) is 0 Å². The van der Waals surface area contributed by atoms with E-state index in [9.17, 15) is 0 Å². The van der Waals surface area contributed by atoms with Crippen molar-refractivity contribution in [2.75, 3.05) is 0 Å². The van der Waals surface area contributed by atoms with Gasteiger partial charge < -0.3 is 0 Å². The highest BCUT2D eigenvalue weighted by molar-refractivity contribution is 9.10. The van der Waals surface area contributed by atoms with Gasteiger partial charge in [0.05, 0.1) is 62.8 Å². The van der Waals surface area contributed by atoms with E-state index in [-0.39, 0.29) is 48.7 Å². The minimum Gasteiger partial charge on any atom is -0.276 e. The van der Waals surface area contributed by atoms with Gasteiger partial charge in [-0.2, -0.15) is 40.8 Å². The van der Waals surface area contributed by atoms with Crippen LogP contribution in [0.3, 0.4) is 0 Å². The van der Waals surface area contributed by atoms with Crippen LogP contribution in [0.5, 0.6) is 0 Å². The number of benzene rings is 3. The largest absolute Gasteiger partial charge is 0.276 e. The maximum atomic E-state index is 4.67. The molecule has 0 spiro atoms. The summed E-state index contributed by atoms with van der Waals surface area (Å²) in [5, 5.41) is 39.8. The second-order valence-corrected chi connectivity index (χ2v) is 40.1. The molecule has 668 valence electrons. The van der Waals surface area contributed by atoms with Gasteiger partial charge in [0.25, 0.3) is 0 Å². The van der Waals surface area contributed by atoms with Crippen LogP contribution >= 0.6 is 15.9 Å². The number of hydrogen-bond donors (Lipinski definition) is 0. The molecule has 0 saturated carbocycles. The van der Waals surface area contributed by atoms with E-state index in [1.54, 1.807) is 28.2 Å². The number of hydrogen-bond acceptors (Lipinski definition) is 13. The minimum atomic E-state index is -0.0277. The Labute approximate surface area is 743 Å². The molecular weight excluding hydrogens is 1580 g/mol. The maximum absolute atomic E-state index is 4.67. The predicted molar refractivity (Wildman–Crippen MR) is 513 cm³/mol. The number of halogens is 1. The number of pyridine rings is 1. The molecule has 0 radical (unpaired) electrons. The first-order valence-corrected chi connectivity index (χ1v) is 43.7. The summed E-state index contributed by atoms with van der Waals surface area (Å²) in [6.45, 7) is 80.5. The van der Waals surface area contributed by atoms with Crippen molar-refractivity contribution < 1.29 is 0 Å². The molecule has 10 heterocycles. The third-order valence-corrected chi connectivity index (χ3v) is 19.2. The molecule has 0 unspecified atom stereocenters. The Balaban J connectivity index is 0.000000354. The molecule has 0 aliphatic rings. The number of nitrogens with zero attached hydrogens (tertiary/aromatic N) is 22. The van der Waals surface area contributed by atoms with Crippen LogP contribution in [0.25, 0.3) is 17.2 Å². The van der Waals surface area contributed by atoms with Gasteiger partial charge >= 0.3 is 0 Å². The molecule has 0 amide bonds. The second-order valence-electron chi connectivity index (χ2n) is 39.3. The molecule has 13 aromatic rings. The standard InChI is InChI=1S/2C14H18N2.C13H17N3.C11H14N4.C10H18N2.C9H15BrN2.C9H16N2.C8H14N2.C7H13N3.2C2H6/c1-11-10-13(14(2,3)4)15-16(11)12-8-6-5-7-9-12;1-14(2,3)13-9-10-16(15-13)11-12-7-5-4-6-8-12;1-10-14-12(13(2,3)4)15-16(10)11-8-6-5-7-9-11;1-11(2,3)10-13-8-15(14-10)9-6-4-5-7-12-9;1-6-12-8(2)7-9(11-12)10(3,4)5;1-6-7(10)8(9(2,3)4)12(5)11-6;1-7-6-11(5)10-8(7)9(2,3)4;1-8(2,3)7-5-9-10(4)6-7;1-7(2,3)6-8-5-10(4)9-6;2*1-2/h5-10H,1-4H3;4-10H,11H2,1-3H3;5-9H,1-4H3;4-8H,1-3H3;7H,6H2,1-5H3;1-5H3;6H,1-5H3;5-6H,1-4H3;5H,1-4H3;2*1-2H3. The van der Waals surface area contributed by atoms with Crippen LogP contribution < -0.4 is 0 Å². The van der Waals surface area contributed by atoms with Crippen LogP contribution in [0, 0.1) is 34.6 Å². The van der Waals surface area contributed by atoms with Crippen molar-refractivity contribution in [1.82, 2.24) is 108 Å². The van der Waals surface area contributed by atoms with E-state index in [2.05, 4.69) is 363 Å². The van der Waals surface area contributed by atoms with Gasteiger partial charge in [-0.3, -0.25) is 28.1 Å². The first kappa shape index (κ1) is 106. The van der Waals surface area contributed by atoms with Gasteiger partial charge in [-0.15, -0.1) is 5.10 Å². The number of rotatable bonds is 6. The van der Waals surface area contributed by atoms with Gasteiger partial charge in [-0.05, 0) is 134 Å². The van der Waals surface area contributed by atoms with E-state index in [1.165, 1.54) is 45.2 Å². The third-order valence-electron chi connectivity index (χ3n) is 18.2. The minimum absolute atomic E-state index is 0.00914. The lowest BCUT2D eigenvalue weighted by atomic mass is 9.90. The Morgan fingerprint density at radius 1 is 0.393 bits per heavy atom. The Bertz CT molecular complexity index is 4960. The molecule has 0 bridgehead atoms. The highest BCUT2D eigenvalue weighted by Crippen LogP contribution is 2.32. The van der Waals surface area contributed by atoms with Gasteiger partial charge in [-0.1, -0.05) is 287 Å². The van der Waals surface area contributed by atoms with Crippen LogP contribution in [-0.4, -0.2) is 108 Å². The molecule has 0 atom stereocenters. The van der Waals surface area contributed by atoms with Crippen molar-refractivity contribution in [3.8, 4) is 17.2 Å². The predicted octanol–water partition coefficient (Wildman–Crippen LogP) is 23.7. The van der Waals surface area contributed by atoms with Crippen molar-refractivity contribution in [3.05, 3.63) is 261 Å². The fourth-order valence-electron chi connectivity index (χ4n) is 11.5. The highest BCUT2D eigenvalue weighted by atomic mass is 79.9. The summed E-state index contributed by atoms with van der Waals surface area (Å²) >= 11 is 3.55. The molecule has 10 aromatic heterocycles. The lowest BCUT2D eigenvalue weighted by Crippen LogP contribution is -2.16. The molecule has 0 aliphatic carbocycles. The lowest BCUT2D eigenvalue weighted by molar-refractivity contribution is 0.520. The fourth-order valence-corrected chi connectivity index (χ4v) is 12.4. The molecule has 23 heteroatoms. The van der Waals surface area contributed by atoms with Crippen LogP contribution in [0.15, 0.2) is 176 Å². The zero-order valence-corrected chi connectivity index (χ0v) is 84.4. The lowest BCUT2D eigenvalue weighted by Gasteiger charge is -2.19. The summed E-state index contributed by atoms with van der Waals surface area (Å²) in [5.74, 6) is 4.33. The Hall–Kier alpha value is -10.0. The monoisotopic (exact) mass is 1730 g/mol. The number of para-hydroxylation sites is 2. The average molecular weight is 1730 g/mol. The van der Waals surface area contributed by atoms with Crippen LogP contribution in [0.4, 0.5) is 0 Å². The van der Waals surface area contributed by atoms with Crippen molar-refractivity contribution in [2.24, 2.45) is 28.2 Å². The normalized spacial score (nSPS) is 11.6. The Morgan fingerprint density at radius 2 is 0.877 bits per heavy atom. The van der Waals surface area contributed by atoms with E-state index < -0.39 is 0 Å². The van der Waals surface area contributed by atoms with Gasteiger partial charge in [0.1, 0.15) is 18.5 Å². The van der Waals surface area contributed by atoms with Crippen LogP contribution in [-0.2, 0) is 90.0 Å². The number of aryl methyl sites for hydroxylation is 10. The second kappa shape index (κ2) is 45.9. The quantitative estimate of drug-likeness (QED) is 0.152. The molecule has 0 saturated heterocycles. The van der Waals surface area contributed by atoms with Crippen molar-refractivity contribution in [3.63, 3.8) is 0 Å². The van der Waals surface area contributed by atoms with E-state index in [1.807, 2.05) is 188 Å². The molecule has 22 nitrogen and oxygen atoms in total. The topological polar surface area (TPSA) is 212 Å². The van der Waals surface area contributed by atoms with E-state index >= 15 is 0 Å². The zero-order valence-electron chi connectivity index (χ0n) is 82.8. The van der Waals surface area contributed by atoms with Crippen molar-refractivity contribution >= 4 is 15.9 Å². The SMILES string of the molecule is CC.CC.CC(C)(C)c1ccn(Cc2ccccc2)n1.CC(C)(C)c1ncn(-c2ccccn2)n1.CCn1nc(C(C)(C)C)cc1C.Cc1cc(C(C)(C)C)nn1-c1ccccc1.Cc1cn(C)nc1C(C)(C)C.Cc1nc(C(C)(C)C)nn1-c1ccccc1.Cc1nn(C)c(C(C)(C)C)c1Br.Cn1cc(C(C)(C)C)cn1.Cn1cnc(C(C)(C)C)n1. The summed E-state index contributed by atoms with van der Waals surface area (Å²) in [6, 6.07) is 42.9. The molecule has 0 aliphatic heterocycles. The Kier molecular flexibility index (Phi) is 39.9. The van der Waals surface area contributed by atoms with Gasteiger partial charge in [-0.25, -0.2) is 34.0 Å². The average Bonchev–Trinajstić information content (AvgIpc) is 1.70. The summed E-state index contributed by atoms with van der Waals surface area (Å²) in [4.78, 5) is 17.1. The highest BCUT2D eigenvalue weighted by Gasteiger charge is 2.27. The van der Waals surface area contributed by atoms with Crippen molar-refractivity contribution in [2.45, 2.75) is 318 Å². The van der Waals surface area contributed by atoms with Gasteiger partial charge in [0.2, 0.25) is 0 Å². The Morgan fingerprint density at radius 3 is 1.20 bits per heavy atom. The van der Waals surface area contributed by atoms with E-state index in [0.717, 1.165) is 75.1 Å². The van der Waals surface area contributed by atoms with E-state index in [4.69, 9.17) is 0 Å². The van der Waals surface area contributed by atoms with Crippen molar-refractivity contribution in [1.29, 1.82) is 0 Å². The summed E-state index contributed by atoms with van der Waals surface area (Å²) < 4.78 is 18.1. The molecule has 0 fully saturated rings. The molecule has 0 N–H and O–H groups in total. The summed E-state index contributed by atoms with van der Waals surface area (Å²) in [5.41, 5.74) is 16.4. The zero-order chi connectivity index (χ0) is 93.1. The fraction of sp³-hybridized carbons (Fsp3) is 0.525. The number of aromatic nitrogens is 22. The molecule has 122 heavy (non-hydrogen) atoms. The maximum Gasteiger partial charge on any atom is 0.156 e. The third kappa shape index (κ3) is 34.7. The van der Waals surface area contributed by atoms with Gasteiger partial charge in [0.15, 0.2) is 23.3 Å². The van der Waals surface area contributed by atoms with Gasteiger partial charge in [0, 0.05) is 114 Å². The van der Waals surface area contributed by atoms with E-state index in [0.29, 0.717) is 0 Å². The first-order valence-electron chi connectivity index (χ1n) is 42.9. The summed E-state index contributed by atoms with van der Waals surface area (Å²) in [6.07, 6.45) is 13.2. The van der Waals surface area contributed by atoms with Crippen LogP contribution in [0.1, 0.15) is 307 Å². The summed E-state index contributed by atoms with van der Waals surface area (Å²) in [7, 11) is 7.76.